The van der Waals surface area contributed by atoms with Crippen LogP contribution in [-0.4, -0.2) is 49.7 Å². The van der Waals surface area contributed by atoms with Crippen molar-refractivity contribution in [2.45, 2.75) is 118 Å². The number of carbonyl (C=O) groups excluding carboxylic acids is 2. The summed E-state index contributed by atoms with van der Waals surface area (Å²) in [7, 11) is -0.384. The van der Waals surface area contributed by atoms with Crippen molar-refractivity contribution in [3.63, 3.8) is 0 Å². The van der Waals surface area contributed by atoms with Crippen molar-refractivity contribution >= 4 is 40.3 Å². The summed E-state index contributed by atoms with van der Waals surface area (Å²) in [5.41, 5.74) is 5.52. The van der Waals surface area contributed by atoms with E-state index in [-0.39, 0.29) is 41.2 Å². The van der Waals surface area contributed by atoms with E-state index < -0.39 is 0 Å². The largest absolute Gasteiger partial charge is 0.494 e. The van der Waals surface area contributed by atoms with Crippen LogP contribution >= 0.6 is 15.9 Å². The van der Waals surface area contributed by atoms with Crippen molar-refractivity contribution in [3.05, 3.63) is 99.0 Å². The monoisotopic (exact) mass is 746 g/mol. The second-order valence-electron chi connectivity index (χ2n) is 15.9. The lowest BCUT2D eigenvalue weighted by Gasteiger charge is -2.32. The topological polar surface area (TPSA) is 112 Å². The second kappa shape index (κ2) is 14.9. The Morgan fingerprint density at radius 1 is 0.740 bits per heavy atom. The van der Waals surface area contributed by atoms with Gasteiger partial charge in [0.05, 0.1) is 45.8 Å². The van der Waals surface area contributed by atoms with Gasteiger partial charge >= 0.3 is 7.12 Å². The first-order valence-corrected chi connectivity index (χ1v) is 17.7. The van der Waals surface area contributed by atoms with Crippen LogP contribution in [0.4, 0.5) is 0 Å². The van der Waals surface area contributed by atoms with Crippen molar-refractivity contribution in [2.24, 2.45) is 0 Å². The average molecular weight is 748 g/mol. The third-order valence-corrected chi connectivity index (χ3v) is 9.63. The Balaban J connectivity index is 0.000000237. The molecule has 2 amide bonds. The zero-order chi connectivity index (χ0) is 37.2. The highest BCUT2D eigenvalue weighted by Gasteiger charge is 2.51. The van der Waals surface area contributed by atoms with E-state index in [1.165, 1.54) is 0 Å². The standard InChI is InChI=1S/C22H32BN3O3.C16H20BrN3O/c1-15-11-18(23-28-21(5,6)22(7,8)29-23)10-9-16(15)12-24-19(27)17-13-25-26(14-17)20(2,3)4;1-11-7-14(17)6-5-12(11)8-18-15(21)13-9-19-20(10-13)16(2,3)4/h9-11,13-14H,12H2,1-8H3,(H,24,27);5-7,9-10H,8H2,1-4H3,(H,18,21). The van der Waals surface area contributed by atoms with Crippen LogP contribution in [0.25, 0.3) is 0 Å². The highest BCUT2D eigenvalue weighted by molar-refractivity contribution is 9.10. The fourth-order valence-corrected chi connectivity index (χ4v) is 5.55. The third kappa shape index (κ3) is 9.53. The summed E-state index contributed by atoms with van der Waals surface area (Å²) in [4.78, 5) is 24.6. The van der Waals surface area contributed by atoms with Gasteiger partial charge in [0.25, 0.3) is 11.8 Å². The molecule has 1 fully saturated rings. The van der Waals surface area contributed by atoms with E-state index in [1.54, 1.807) is 34.2 Å². The van der Waals surface area contributed by atoms with E-state index in [1.807, 2.05) is 113 Å². The maximum Gasteiger partial charge on any atom is 0.494 e. The van der Waals surface area contributed by atoms with Gasteiger partial charge in [0.1, 0.15) is 0 Å². The Morgan fingerprint density at radius 3 is 1.54 bits per heavy atom. The van der Waals surface area contributed by atoms with E-state index in [0.717, 1.165) is 32.2 Å². The number of nitrogens with one attached hydrogen (secondary N) is 2. The number of carbonyl (C=O) groups is 2. The summed E-state index contributed by atoms with van der Waals surface area (Å²) < 4.78 is 16.9. The predicted molar refractivity (Wildman–Crippen MR) is 203 cm³/mol. The molecule has 1 aliphatic heterocycles. The molecular formula is C38H52BBrN6O4. The zero-order valence-corrected chi connectivity index (χ0v) is 33.2. The van der Waals surface area contributed by atoms with E-state index in [0.29, 0.717) is 24.2 Å². The smallest absolute Gasteiger partial charge is 0.399 e. The van der Waals surface area contributed by atoms with Crippen LogP contribution < -0.4 is 16.1 Å². The third-order valence-electron chi connectivity index (χ3n) is 9.14. The van der Waals surface area contributed by atoms with Crippen LogP contribution in [0.15, 0.2) is 65.7 Å². The van der Waals surface area contributed by atoms with Gasteiger partial charge in [0.2, 0.25) is 0 Å². The second-order valence-corrected chi connectivity index (χ2v) is 16.8. The van der Waals surface area contributed by atoms with E-state index in [4.69, 9.17) is 9.31 Å². The Morgan fingerprint density at radius 2 is 1.16 bits per heavy atom. The molecule has 0 unspecified atom stereocenters. The minimum Gasteiger partial charge on any atom is -0.399 e. The molecule has 12 heteroatoms. The molecule has 0 bridgehead atoms. The quantitative estimate of drug-likeness (QED) is 0.201. The average Bonchev–Trinajstić information content (AvgIpc) is 3.74. The molecule has 5 rings (SSSR count). The molecule has 1 saturated heterocycles. The number of aromatic nitrogens is 4. The molecule has 0 spiro atoms. The number of benzene rings is 2. The number of amides is 2. The molecule has 0 radical (unpaired) electrons. The van der Waals surface area contributed by atoms with Gasteiger partial charge in [0.15, 0.2) is 0 Å². The van der Waals surface area contributed by atoms with Gasteiger partial charge in [-0.1, -0.05) is 40.2 Å². The minimum absolute atomic E-state index is 0.104. The van der Waals surface area contributed by atoms with Gasteiger partial charge in [-0.2, -0.15) is 10.2 Å². The van der Waals surface area contributed by atoms with Crippen LogP contribution in [0.3, 0.4) is 0 Å². The molecule has 3 heterocycles. The van der Waals surface area contributed by atoms with E-state index in [9.17, 15) is 9.59 Å². The van der Waals surface area contributed by atoms with Crippen molar-refractivity contribution in [2.75, 3.05) is 0 Å². The molecule has 0 atom stereocenters. The number of aryl methyl sites for hydroxylation is 2. The Bertz CT molecular complexity index is 1820. The summed E-state index contributed by atoms with van der Waals surface area (Å²) in [6.07, 6.45) is 6.77. The summed E-state index contributed by atoms with van der Waals surface area (Å²) in [5.74, 6) is -0.234. The fourth-order valence-electron chi connectivity index (χ4n) is 5.07. The van der Waals surface area contributed by atoms with Crippen LogP contribution in [0.5, 0.6) is 0 Å². The molecule has 0 aliphatic carbocycles. The van der Waals surface area contributed by atoms with Crippen LogP contribution in [0.2, 0.25) is 0 Å². The molecular weight excluding hydrogens is 695 g/mol. The first kappa shape index (κ1) is 39.1. The molecule has 0 saturated carbocycles. The van der Waals surface area contributed by atoms with Crippen molar-refractivity contribution in [3.8, 4) is 0 Å². The lowest BCUT2D eigenvalue weighted by molar-refractivity contribution is 0.00578. The van der Waals surface area contributed by atoms with Crippen molar-refractivity contribution in [1.29, 1.82) is 0 Å². The molecule has 50 heavy (non-hydrogen) atoms. The number of nitrogens with zero attached hydrogens (tertiary/aromatic N) is 4. The molecule has 2 N–H and O–H groups in total. The lowest BCUT2D eigenvalue weighted by Crippen LogP contribution is -2.41. The Kier molecular flexibility index (Phi) is 11.6. The van der Waals surface area contributed by atoms with Gasteiger partial charge in [-0.15, -0.1) is 0 Å². The van der Waals surface area contributed by atoms with E-state index in [2.05, 4.69) is 42.8 Å². The maximum atomic E-state index is 12.5. The van der Waals surface area contributed by atoms with Gasteiger partial charge < -0.3 is 19.9 Å². The van der Waals surface area contributed by atoms with Crippen LogP contribution in [0, 0.1) is 13.8 Å². The summed E-state index contributed by atoms with van der Waals surface area (Å²) in [6.45, 7) is 25.5. The molecule has 268 valence electrons. The number of hydrogen-bond donors (Lipinski definition) is 2. The van der Waals surface area contributed by atoms with Crippen molar-refractivity contribution < 1.29 is 18.9 Å². The minimum atomic E-state index is -0.384. The van der Waals surface area contributed by atoms with Gasteiger partial charge in [-0.05, 0) is 123 Å². The predicted octanol–water partition coefficient (Wildman–Crippen LogP) is 6.81. The lowest BCUT2D eigenvalue weighted by atomic mass is 9.78. The maximum absolute atomic E-state index is 12.5. The first-order chi connectivity index (χ1) is 23.1. The van der Waals surface area contributed by atoms with Crippen LogP contribution in [-0.2, 0) is 33.5 Å². The van der Waals surface area contributed by atoms with E-state index >= 15 is 0 Å². The summed E-state index contributed by atoms with van der Waals surface area (Å²) in [5, 5.41) is 14.4. The van der Waals surface area contributed by atoms with Gasteiger partial charge in [0, 0.05) is 30.0 Å². The number of hydrogen-bond acceptors (Lipinski definition) is 6. The fraction of sp³-hybridized carbons (Fsp3) is 0.474. The highest BCUT2D eigenvalue weighted by atomic mass is 79.9. The first-order valence-electron chi connectivity index (χ1n) is 16.9. The molecule has 4 aromatic rings. The Hall–Kier alpha value is -3.74. The number of rotatable bonds is 7. The Labute approximate surface area is 306 Å². The molecule has 1 aliphatic rings. The van der Waals surface area contributed by atoms with Gasteiger partial charge in [-0.25, -0.2) is 0 Å². The summed E-state index contributed by atoms with van der Waals surface area (Å²) in [6, 6.07) is 12.1. The SMILES string of the molecule is Cc1cc(B2OC(C)(C)C(C)(C)O2)ccc1CNC(=O)c1cnn(C(C)(C)C)c1.Cc1cc(Br)ccc1CNC(=O)c1cnn(C(C)(C)C)c1. The van der Waals surface area contributed by atoms with Crippen LogP contribution in [0.1, 0.15) is 112 Å². The molecule has 2 aromatic carbocycles. The normalized spacial score (nSPS) is 15.3. The molecule has 2 aromatic heterocycles. The van der Waals surface area contributed by atoms with Crippen molar-refractivity contribution in [1.82, 2.24) is 30.2 Å². The summed E-state index contributed by atoms with van der Waals surface area (Å²) >= 11 is 3.44. The zero-order valence-electron chi connectivity index (χ0n) is 31.6. The van der Waals surface area contributed by atoms with Gasteiger partial charge in [-0.3, -0.25) is 19.0 Å². The molecule has 10 nitrogen and oxygen atoms in total. The highest BCUT2D eigenvalue weighted by Crippen LogP contribution is 2.36. The number of halogens is 1.